The summed E-state index contributed by atoms with van der Waals surface area (Å²) in [4.78, 5) is 25.3. The Hall–Kier alpha value is -3.36. The Labute approximate surface area is 211 Å². The van der Waals surface area contributed by atoms with Crippen LogP contribution < -0.4 is 14.9 Å². The largest absolute Gasteiger partial charge is 0.324 e. The van der Waals surface area contributed by atoms with Crippen LogP contribution in [-0.2, 0) is 20.2 Å². The van der Waals surface area contributed by atoms with Gasteiger partial charge >= 0.3 is 0 Å². The van der Waals surface area contributed by atoms with Crippen LogP contribution in [0.5, 0.6) is 0 Å². The molecule has 3 aromatic carbocycles. The van der Waals surface area contributed by atoms with Gasteiger partial charge in [-0.3, -0.25) is 13.9 Å². The minimum Gasteiger partial charge on any atom is -0.324 e. The number of hydrogen-bond donors (Lipinski definition) is 2. The van der Waals surface area contributed by atoms with E-state index in [4.69, 9.17) is 11.6 Å². The summed E-state index contributed by atoms with van der Waals surface area (Å²) in [5, 5.41) is 5.95. The Balaban J connectivity index is 1.68. The highest BCUT2D eigenvalue weighted by molar-refractivity contribution is 7.92. The average molecular weight is 514 g/mol. The SMILES string of the molecule is CC(C)(C)c1ccc(C(=O)Nc2cccc(NC(=O)CN(c3ccc(Cl)cc3)S(C)(=O)=O)c2)cc1. The second-order valence-corrected chi connectivity index (χ2v) is 11.5. The third-order valence-electron chi connectivity index (χ3n) is 5.22. The Morgan fingerprint density at radius 3 is 2.00 bits per heavy atom. The Morgan fingerprint density at radius 2 is 1.46 bits per heavy atom. The number of carbonyl (C=O) groups is 2. The predicted molar refractivity (Wildman–Crippen MR) is 142 cm³/mol. The number of anilines is 3. The van der Waals surface area contributed by atoms with Crippen molar-refractivity contribution in [1.82, 2.24) is 0 Å². The summed E-state index contributed by atoms with van der Waals surface area (Å²) in [6, 6.07) is 20.2. The number of hydrogen-bond acceptors (Lipinski definition) is 4. The van der Waals surface area contributed by atoms with E-state index in [0.29, 0.717) is 27.6 Å². The molecule has 0 unspecified atom stereocenters. The summed E-state index contributed by atoms with van der Waals surface area (Å²) in [7, 11) is -3.71. The fourth-order valence-electron chi connectivity index (χ4n) is 3.34. The molecule has 0 atom stereocenters. The number of carbonyl (C=O) groups excluding carboxylic acids is 2. The number of nitrogens with one attached hydrogen (secondary N) is 2. The van der Waals surface area contributed by atoms with Gasteiger partial charge in [-0.2, -0.15) is 0 Å². The van der Waals surface area contributed by atoms with E-state index in [1.165, 1.54) is 12.1 Å². The lowest BCUT2D eigenvalue weighted by molar-refractivity contribution is -0.114. The summed E-state index contributed by atoms with van der Waals surface area (Å²) in [6.07, 6.45) is 1.03. The zero-order valence-electron chi connectivity index (χ0n) is 20.0. The van der Waals surface area contributed by atoms with Gasteiger partial charge in [0.05, 0.1) is 11.9 Å². The van der Waals surface area contributed by atoms with Crippen LogP contribution in [0, 0.1) is 0 Å². The normalized spacial score (nSPS) is 11.6. The maximum Gasteiger partial charge on any atom is 0.255 e. The maximum atomic E-state index is 12.7. The van der Waals surface area contributed by atoms with E-state index in [-0.39, 0.29) is 11.3 Å². The van der Waals surface area contributed by atoms with Crippen molar-refractivity contribution in [3.05, 3.63) is 88.9 Å². The van der Waals surface area contributed by atoms with E-state index in [9.17, 15) is 18.0 Å². The molecule has 0 aliphatic heterocycles. The second kappa shape index (κ2) is 10.5. The molecule has 0 fully saturated rings. The van der Waals surface area contributed by atoms with Gasteiger partial charge < -0.3 is 10.6 Å². The molecule has 0 spiro atoms. The highest BCUT2D eigenvalue weighted by Gasteiger charge is 2.21. The second-order valence-electron chi connectivity index (χ2n) is 9.16. The number of amides is 2. The van der Waals surface area contributed by atoms with Crippen LogP contribution in [0.15, 0.2) is 72.8 Å². The third-order valence-corrected chi connectivity index (χ3v) is 6.61. The maximum absolute atomic E-state index is 12.7. The molecule has 2 N–H and O–H groups in total. The van der Waals surface area contributed by atoms with Crippen molar-refractivity contribution >= 4 is 50.5 Å². The van der Waals surface area contributed by atoms with Crippen molar-refractivity contribution in [3.8, 4) is 0 Å². The topological polar surface area (TPSA) is 95.6 Å². The first-order valence-electron chi connectivity index (χ1n) is 10.9. The van der Waals surface area contributed by atoms with Crippen LogP contribution in [0.4, 0.5) is 17.1 Å². The van der Waals surface area contributed by atoms with Crippen molar-refractivity contribution < 1.29 is 18.0 Å². The average Bonchev–Trinajstić information content (AvgIpc) is 2.77. The van der Waals surface area contributed by atoms with Crippen molar-refractivity contribution in [1.29, 1.82) is 0 Å². The molecule has 0 heterocycles. The molecule has 0 radical (unpaired) electrons. The van der Waals surface area contributed by atoms with Gasteiger partial charge in [0.15, 0.2) is 0 Å². The van der Waals surface area contributed by atoms with Crippen LogP contribution in [0.1, 0.15) is 36.7 Å². The van der Waals surface area contributed by atoms with E-state index in [1.807, 2.05) is 12.1 Å². The van der Waals surface area contributed by atoms with Crippen molar-refractivity contribution in [3.63, 3.8) is 0 Å². The molecular formula is C26H28ClN3O4S. The van der Waals surface area contributed by atoms with Gasteiger partial charge in [0.25, 0.3) is 5.91 Å². The molecule has 0 bridgehead atoms. The van der Waals surface area contributed by atoms with Crippen LogP contribution in [-0.4, -0.2) is 33.0 Å². The Kier molecular flexibility index (Phi) is 7.87. The van der Waals surface area contributed by atoms with Gasteiger partial charge in [-0.1, -0.05) is 50.6 Å². The lowest BCUT2D eigenvalue weighted by Gasteiger charge is -2.22. The van der Waals surface area contributed by atoms with Crippen molar-refractivity contribution in [2.75, 3.05) is 27.7 Å². The monoisotopic (exact) mass is 513 g/mol. The molecule has 3 rings (SSSR count). The smallest absolute Gasteiger partial charge is 0.255 e. The van der Waals surface area contributed by atoms with E-state index in [0.717, 1.165) is 16.1 Å². The Bertz CT molecular complexity index is 1320. The molecule has 0 saturated carbocycles. The summed E-state index contributed by atoms with van der Waals surface area (Å²) in [6.45, 7) is 5.89. The molecule has 9 heteroatoms. The number of halogens is 1. The Morgan fingerprint density at radius 1 is 0.886 bits per heavy atom. The summed E-state index contributed by atoms with van der Waals surface area (Å²) in [5.74, 6) is -0.813. The third kappa shape index (κ3) is 7.31. The van der Waals surface area contributed by atoms with Gasteiger partial charge in [0, 0.05) is 22.0 Å². The van der Waals surface area contributed by atoms with Crippen LogP contribution in [0.2, 0.25) is 5.02 Å². The highest BCUT2D eigenvalue weighted by Crippen LogP contribution is 2.23. The molecular weight excluding hydrogens is 486 g/mol. The van der Waals surface area contributed by atoms with E-state index in [1.54, 1.807) is 48.5 Å². The fraction of sp³-hybridized carbons (Fsp3) is 0.231. The number of nitrogens with zero attached hydrogens (tertiary/aromatic N) is 1. The fourth-order valence-corrected chi connectivity index (χ4v) is 4.32. The minimum absolute atomic E-state index is 0.0121. The summed E-state index contributed by atoms with van der Waals surface area (Å²) < 4.78 is 25.5. The van der Waals surface area contributed by atoms with Gasteiger partial charge in [0.2, 0.25) is 15.9 Å². The summed E-state index contributed by atoms with van der Waals surface area (Å²) in [5.41, 5.74) is 2.86. The van der Waals surface area contributed by atoms with E-state index < -0.39 is 22.5 Å². The molecule has 0 aromatic heterocycles. The molecule has 0 saturated heterocycles. The van der Waals surface area contributed by atoms with Crippen LogP contribution in [0.25, 0.3) is 0 Å². The minimum atomic E-state index is -3.71. The highest BCUT2D eigenvalue weighted by atomic mass is 35.5. The number of benzene rings is 3. The molecule has 2 amide bonds. The zero-order chi connectivity index (χ0) is 25.8. The first-order valence-corrected chi connectivity index (χ1v) is 13.1. The zero-order valence-corrected chi connectivity index (χ0v) is 21.6. The van der Waals surface area contributed by atoms with Gasteiger partial charge in [-0.05, 0) is 65.6 Å². The number of rotatable bonds is 7. The molecule has 0 aliphatic carbocycles. The molecule has 35 heavy (non-hydrogen) atoms. The lowest BCUT2D eigenvalue weighted by atomic mass is 9.87. The first-order chi connectivity index (χ1) is 16.3. The van der Waals surface area contributed by atoms with Crippen LogP contribution >= 0.6 is 11.6 Å². The molecule has 3 aromatic rings. The molecule has 7 nitrogen and oxygen atoms in total. The van der Waals surface area contributed by atoms with Gasteiger partial charge in [0.1, 0.15) is 6.54 Å². The predicted octanol–water partition coefficient (Wildman–Crippen LogP) is 5.29. The van der Waals surface area contributed by atoms with Crippen molar-refractivity contribution in [2.24, 2.45) is 0 Å². The molecule has 184 valence electrons. The van der Waals surface area contributed by atoms with E-state index >= 15 is 0 Å². The van der Waals surface area contributed by atoms with Gasteiger partial charge in [-0.25, -0.2) is 8.42 Å². The standard InChI is InChI=1S/C26H28ClN3O4S/c1-26(2,3)19-10-8-18(9-11-19)25(32)29-22-7-5-6-21(16-22)28-24(31)17-30(35(4,33)34)23-14-12-20(27)13-15-23/h5-16H,17H2,1-4H3,(H,28,31)(H,29,32). The summed E-state index contributed by atoms with van der Waals surface area (Å²) >= 11 is 5.88. The quantitative estimate of drug-likeness (QED) is 0.448. The van der Waals surface area contributed by atoms with Gasteiger partial charge in [-0.15, -0.1) is 0 Å². The molecule has 0 aliphatic rings. The van der Waals surface area contributed by atoms with E-state index in [2.05, 4.69) is 31.4 Å². The lowest BCUT2D eigenvalue weighted by Crippen LogP contribution is -2.37. The first kappa shape index (κ1) is 26.2. The van der Waals surface area contributed by atoms with Crippen molar-refractivity contribution in [2.45, 2.75) is 26.2 Å². The van der Waals surface area contributed by atoms with Crippen LogP contribution in [0.3, 0.4) is 0 Å². The number of sulfonamides is 1.